The highest BCUT2D eigenvalue weighted by Crippen LogP contribution is 2.27. The number of hydrazine groups is 1. The molecular formula is C14H13ClF2N2. The van der Waals surface area contributed by atoms with Crippen LogP contribution in [0, 0.1) is 18.6 Å². The van der Waals surface area contributed by atoms with Gasteiger partial charge < -0.3 is 0 Å². The summed E-state index contributed by atoms with van der Waals surface area (Å²) in [5, 5.41) is 0.540. The summed E-state index contributed by atoms with van der Waals surface area (Å²) in [5.74, 6) is 4.23. The van der Waals surface area contributed by atoms with E-state index in [1.807, 2.05) is 13.0 Å². The largest absolute Gasteiger partial charge is 0.271 e. The van der Waals surface area contributed by atoms with Gasteiger partial charge in [-0.2, -0.15) is 0 Å². The molecule has 2 aromatic rings. The van der Waals surface area contributed by atoms with Crippen LogP contribution in [0.25, 0.3) is 0 Å². The fourth-order valence-corrected chi connectivity index (χ4v) is 2.21. The number of hydrogen-bond donors (Lipinski definition) is 2. The van der Waals surface area contributed by atoms with Crippen molar-refractivity contribution < 1.29 is 8.78 Å². The van der Waals surface area contributed by atoms with Gasteiger partial charge in [-0.05, 0) is 47.9 Å². The van der Waals surface area contributed by atoms with Crippen LogP contribution >= 0.6 is 11.6 Å². The van der Waals surface area contributed by atoms with E-state index in [0.29, 0.717) is 10.6 Å². The van der Waals surface area contributed by atoms with E-state index < -0.39 is 17.7 Å². The molecule has 0 aliphatic rings. The van der Waals surface area contributed by atoms with E-state index >= 15 is 0 Å². The molecule has 3 N–H and O–H groups in total. The molecule has 100 valence electrons. The maximum atomic E-state index is 13.3. The molecule has 19 heavy (non-hydrogen) atoms. The molecule has 0 saturated carbocycles. The predicted molar refractivity (Wildman–Crippen MR) is 71.7 cm³/mol. The average molecular weight is 283 g/mol. The highest BCUT2D eigenvalue weighted by atomic mass is 35.5. The van der Waals surface area contributed by atoms with Gasteiger partial charge >= 0.3 is 0 Å². The second-order valence-corrected chi connectivity index (χ2v) is 4.74. The maximum Gasteiger partial charge on any atom is 0.126 e. The predicted octanol–water partition coefficient (Wildman–Crippen LogP) is 3.48. The van der Waals surface area contributed by atoms with E-state index in [-0.39, 0.29) is 0 Å². The summed E-state index contributed by atoms with van der Waals surface area (Å²) in [5.41, 5.74) is 4.68. The minimum absolute atomic E-state index is 0.408. The fourth-order valence-electron chi connectivity index (χ4n) is 2.03. The molecule has 2 aromatic carbocycles. The Morgan fingerprint density at radius 2 is 1.74 bits per heavy atom. The van der Waals surface area contributed by atoms with Crippen molar-refractivity contribution in [2.45, 2.75) is 13.0 Å². The first kappa shape index (κ1) is 13.9. The highest BCUT2D eigenvalue weighted by molar-refractivity contribution is 6.30. The molecule has 0 fully saturated rings. The van der Waals surface area contributed by atoms with Crippen molar-refractivity contribution in [3.05, 3.63) is 69.7 Å². The van der Waals surface area contributed by atoms with Crippen molar-refractivity contribution in [3.8, 4) is 0 Å². The minimum atomic E-state index is -0.644. The summed E-state index contributed by atoms with van der Waals surface area (Å²) in [6.45, 7) is 1.88. The van der Waals surface area contributed by atoms with E-state index in [1.54, 1.807) is 12.1 Å². The van der Waals surface area contributed by atoms with Crippen LogP contribution in [-0.2, 0) is 0 Å². The minimum Gasteiger partial charge on any atom is -0.271 e. The monoisotopic (exact) mass is 282 g/mol. The Labute approximate surface area is 115 Å². The lowest BCUT2D eigenvalue weighted by atomic mass is 9.95. The second-order valence-electron chi connectivity index (χ2n) is 4.30. The Morgan fingerprint density at radius 1 is 1.11 bits per heavy atom. The molecule has 2 rings (SSSR count). The van der Waals surface area contributed by atoms with Crippen molar-refractivity contribution in [2.75, 3.05) is 0 Å². The number of halogens is 3. The van der Waals surface area contributed by atoms with Gasteiger partial charge in [0.1, 0.15) is 11.6 Å². The molecule has 0 aromatic heterocycles. The summed E-state index contributed by atoms with van der Waals surface area (Å²) in [6, 6.07) is 8.09. The SMILES string of the molecule is Cc1ccc(Cl)cc1C(NN)c1cc(F)cc(F)c1. The lowest BCUT2D eigenvalue weighted by Crippen LogP contribution is -2.29. The van der Waals surface area contributed by atoms with Crippen LogP contribution in [0.15, 0.2) is 36.4 Å². The van der Waals surface area contributed by atoms with Gasteiger partial charge in [-0.15, -0.1) is 0 Å². The zero-order chi connectivity index (χ0) is 14.0. The molecule has 0 aliphatic heterocycles. The highest BCUT2D eigenvalue weighted by Gasteiger charge is 2.17. The fraction of sp³-hybridized carbons (Fsp3) is 0.143. The maximum absolute atomic E-state index is 13.3. The lowest BCUT2D eigenvalue weighted by molar-refractivity contribution is 0.565. The number of nitrogens with one attached hydrogen (secondary N) is 1. The summed E-state index contributed by atoms with van der Waals surface area (Å²) in [7, 11) is 0. The van der Waals surface area contributed by atoms with Gasteiger partial charge in [-0.1, -0.05) is 17.7 Å². The van der Waals surface area contributed by atoms with Gasteiger partial charge in [0.05, 0.1) is 6.04 Å². The third-order valence-electron chi connectivity index (χ3n) is 2.94. The molecule has 0 saturated heterocycles. The van der Waals surface area contributed by atoms with E-state index in [4.69, 9.17) is 17.4 Å². The van der Waals surface area contributed by atoms with Crippen LogP contribution in [0.2, 0.25) is 5.02 Å². The van der Waals surface area contributed by atoms with Crippen molar-refractivity contribution in [1.82, 2.24) is 5.43 Å². The van der Waals surface area contributed by atoms with Gasteiger partial charge in [0, 0.05) is 11.1 Å². The summed E-state index contributed by atoms with van der Waals surface area (Å²) in [4.78, 5) is 0. The van der Waals surface area contributed by atoms with Crippen molar-refractivity contribution in [3.63, 3.8) is 0 Å². The topological polar surface area (TPSA) is 38.0 Å². The molecule has 0 spiro atoms. The van der Waals surface area contributed by atoms with Gasteiger partial charge in [-0.3, -0.25) is 5.84 Å². The summed E-state index contributed by atoms with van der Waals surface area (Å²) >= 11 is 5.95. The summed E-state index contributed by atoms with van der Waals surface area (Å²) < 4.78 is 26.6. The number of rotatable bonds is 3. The van der Waals surface area contributed by atoms with Gasteiger partial charge in [-0.25, -0.2) is 14.2 Å². The van der Waals surface area contributed by atoms with Gasteiger partial charge in [0.25, 0.3) is 0 Å². The number of aryl methyl sites for hydroxylation is 1. The molecule has 1 unspecified atom stereocenters. The lowest BCUT2D eigenvalue weighted by Gasteiger charge is -2.19. The first-order chi connectivity index (χ1) is 9.01. The third kappa shape index (κ3) is 3.10. The number of benzene rings is 2. The van der Waals surface area contributed by atoms with E-state index in [9.17, 15) is 8.78 Å². The zero-order valence-electron chi connectivity index (χ0n) is 10.3. The van der Waals surface area contributed by atoms with Crippen molar-refractivity contribution >= 4 is 11.6 Å². The molecule has 0 radical (unpaired) electrons. The third-order valence-corrected chi connectivity index (χ3v) is 3.17. The van der Waals surface area contributed by atoms with Gasteiger partial charge in [0.2, 0.25) is 0 Å². The van der Waals surface area contributed by atoms with Crippen LogP contribution in [-0.4, -0.2) is 0 Å². The van der Waals surface area contributed by atoms with Crippen LogP contribution in [0.4, 0.5) is 8.78 Å². The zero-order valence-corrected chi connectivity index (χ0v) is 11.0. The second kappa shape index (κ2) is 5.65. The molecule has 5 heteroatoms. The van der Waals surface area contributed by atoms with Crippen molar-refractivity contribution in [1.29, 1.82) is 0 Å². The van der Waals surface area contributed by atoms with Crippen LogP contribution in [0.5, 0.6) is 0 Å². The van der Waals surface area contributed by atoms with E-state index in [2.05, 4.69) is 5.43 Å². The molecule has 0 amide bonds. The first-order valence-corrected chi connectivity index (χ1v) is 6.07. The number of nitrogens with two attached hydrogens (primary N) is 1. The average Bonchev–Trinajstić information content (AvgIpc) is 2.33. The Hall–Kier alpha value is -1.49. The Morgan fingerprint density at radius 3 is 2.32 bits per heavy atom. The van der Waals surface area contributed by atoms with Crippen LogP contribution in [0.1, 0.15) is 22.7 Å². The molecular weight excluding hydrogens is 270 g/mol. The summed E-state index contributed by atoms with van der Waals surface area (Å²) in [6.07, 6.45) is 0. The number of hydrogen-bond acceptors (Lipinski definition) is 2. The first-order valence-electron chi connectivity index (χ1n) is 5.69. The van der Waals surface area contributed by atoms with Crippen LogP contribution in [0.3, 0.4) is 0 Å². The quantitative estimate of drug-likeness (QED) is 0.668. The van der Waals surface area contributed by atoms with Crippen molar-refractivity contribution in [2.24, 2.45) is 5.84 Å². The normalized spacial score (nSPS) is 12.5. The molecule has 0 aliphatic carbocycles. The standard InChI is InChI=1S/C14H13ClF2N2/c1-8-2-3-10(15)6-13(8)14(19-18)9-4-11(16)7-12(17)5-9/h2-7,14,19H,18H2,1H3. The Bertz CT molecular complexity index is 582. The molecule has 1 atom stereocenters. The molecule has 2 nitrogen and oxygen atoms in total. The molecule has 0 heterocycles. The smallest absolute Gasteiger partial charge is 0.126 e. The van der Waals surface area contributed by atoms with Gasteiger partial charge in [0.15, 0.2) is 0 Å². The Kier molecular flexibility index (Phi) is 4.14. The van der Waals surface area contributed by atoms with E-state index in [0.717, 1.165) is 17.2 Å². The van der Waals surface area contributed by atoms with E-state index in [1.165, 1.54) is 12.1 Å². The molecule has 0 bridgehead atoms. The Balaban J connectivity index is 2.52. The van der Waals surface area contributed by atoms with Crippen LogP contribution < -0.4 is 11.3 Å².